The molecule has 0 radical (unpaired) electrons. The molecule has 0 spiro atoms. The molecule has 22 heavy (non-hydrogen) atoms. The molecule has 4 heteroatoms. The predicted octanol–water partition coefficient (Wildman–Crippen LogP) is 2.81. The second kappa shape index (κ2) is 6.63. The van der Waals surface area contributed by atoms with Crippen molar-refractivity contribution in [2.75, 3.05) is 32.8 Å². The van der Waals surface area contributed by atoms with Crippen molar-refractivity contribution in [3.63, 3.8) is 0 Å². The van der Waals surface area contributed by atoms with Crippen LogP contribution in [0.4, 0.5) is 0 Å². The second-order valence-corrected chi connectivity index (χ2v) is 6.14. The number of fused-ring (bicyclic) bond motifs is 1. The summed E-state index contributed by atoms with van der Waals surface area (Å²) in [7, 11) is 0. The van der Waals surface area contributed by atoms with Crippen LogP contribution in [0.1, 0.15) is 24.2 Å². The summed E-state index contributed by atoms with van der Waals surface area (Å²) >= 11 is 0. The van der Waals surface area contributed by atoms with Crippen LogP contribution in [0.5, 0.6) is 0 Å². The number of hydrogen-bond acceptors (Lipinski definition) is 3. The molecule has 1 saturated heterocycles. The Labute approximate surface area is 131 Å². The first-order chi connectivity index (χ1) is 10.7. The molecule has 4 nitrogen and oxygen atoms in total. The smallest absolute Gasteiger partial charge is 0.227 e. The van der Waals surface area contributed by atoms with E-state index in [1.165, 1.54) is 5.56 Å². The lowest BCUT2D eigenvalue weighted by atomic mass is 9.98. The maximum Gasteiger partial charge on any atom is 0.227 e. The standard InChI is InChI=1S/C18H24N2O2/c1-3-19-8-9-22-13-16(12-19)10-15-4-5-18-17(11-15)6-7-20(18)14(2)21/h4-7,11,16H,3,8-10,12-13H2,1-2H3/t16-/m0/s1. The minimum atomic E-state index is 0.0542. The molecule has 1 fully saturated rings. The van der Waals surface area contributed by atoms with E-state index in [9.17, 15) is 4.79 Å². The van der Waals surface area contributed by atoms with Crippen molar-refractivity contribution >= 4 is 16.8 Å². The van der Waals surface area contributed by atoms with E-state index in [1.54, 1.807) is 11.5 Å². The van der Waals surface area contributed by atoms with Gasteiger partial charge in [0, 0.05) is 31.6 Å². The van der Waals surface area contributed by atoms with Crippen molar-refractivity contribution in [2.45, 2.75) is 20.3 Å². The Morgan fingerprint density at radius 1 is 1.36 bits per heavy atom. The minimum Gasteiger partial charge on any atom is -0.380 e. The van der Waals surface area contributed by atoms with Crippen molar-refractivity contribution in [3.8, 4) is 0 Å². The third-order valence-electron chi connectivity index (χ3n) is 4.49. The highest BCUT2D eigenvalue weighted by Gasteiger charge is 2.18. The number of hydrogen-bond donors (Lipinski definition) is 0. The van der Waals surface area contributed by atoms with E-state index < -0.39 is 0 Å². The molecule has 0 amide bonds. The molecule has 1 atom stereocenters. The number of likely N-dealkylation sites (N-methyl/N-ethyl adjacent to an activating group) is 1. The number of ether oxygens (including phenoxy) is 1. The van der Waals surface area contributed by atoms with Crippen LogP contribution in [0, 0.1) is 5.92 Å². The Morgan fingerprint density at radius 2 is 2.23 bits per heavy atom. The highest BCUT2D eigenvalue weighted by atomic mass is 16.5. The molecule has 0 N–H and O–H groups in total. The Bertz CT molecular complexity index is 662. The van der Waals surface area contributed by atoms with Gasteiger partial charge < -0.3 is 9.64 Å². The zero-order valence-electron chi connectivity index (χ0n) is 13.4. The van der Waals surface area contributed by atoms with Gasteiger partial charge in [0.2, 0.25) is 5.91 Å². The molecule has 3 rings (SSSR count). The fraction of sp³-hybridized carbons (Fsp3) is 0.500. The van der Waals surface area contributed by atoms with Crippen LogP contribution in [-0.4, -0.2) is 48.2 Å². The van der Waals surface area contributed by atoms with Gasteiger partial charge in [0.05, 0.1) is 18.7 Å². The summed E-state index contributed by atoms with van der Waals surface area (Å²) in [6.45, 7) is 8.69. The molecule has 2 aromatic rings. The van der Waals surface area contributed by atoms with E-state index >= 15 is 0 Å². The molecule has 1 aliphatic heterocycles. The van der Waals surface area contributed by atoms with Gasteiger partial charge in [-0.3, -0.25) is 9.36 Å². The zero-order valence-corrected chi connectivity index (χ0v) is 13.4. The van der Waals surface area contributed by atoms with Crippen molar-refractivity contribution in [2.24, 2.45) is 5.92 Å². The summed E-state index contributed by atoms with van der Waals surface area (Å²) in [5.74, 6) is 0.591. The van der Waals surface area contributed by atoms with Gasteiger partial charge in [-0.1, -0.05) is 13.0 Å². The summed E-state index contributed by atoms with van der Waals surface area (Å²) in [5, 5.41) is 1.13. The van der Waals surface area contributed by atoms with Gasteiger partial charge in [0.1, 0.15) is 0 Å². The predicted molar refractivity (Wildman–Crippen MR) is 88.4 cm³/mol. The quantitative estimate of drug-likeness (QED) is 0.874. The lowest BCUT2D eigenvalue weighted by Crippen LogP contribution is -2.30. The molecule has 0 aliphatic carbocycles. The van der Waals surface area contributed by atoms with Gasteiger partial charge in [-0.05, 0) is 42.6 Å². The first-order valence-electron chi connectivity index (χ1n) is 8.08. The highest BCUT2D eigenvalue weighted by molar-refractivity contribution is 5.91. The van der Waals surface area contributed by atoms with Crippen molar-refractivity contribution in [1.82, 2.24) is 9.47 Å². The van der Waals surface area contributed by atoms with Crippen molar-refractivity contribution in [3.05, 3.63) is 36.0 Å². The fourth-order valence-corrected chi connectivity index (χ4v) is 3.29. The van der Waals surface area contributed by atoms with Gasteiger partial charge in [-0.15, -0.1) is 0 Å². The molecular weight excluding hydrogens is 276 g/mol. The topological polar surface area (TPSA) is 34.5 Å². The third kappa shape index (κ3) is 3.23. The Morgan fingerprint density at radius 3 is 3.00 bits per heavy atom. The molecule has 2 heterocycles. The number of nitrogens with zero attached hydrogens (tertiary/aromatic N) is 2. The summed E-state index contributed by atoms with van der Waals surface area (Å²) in [6.07, 6.45) is 2.88. The van der Waals surface area contributed by atoms with Gasteiger partial charge >= 0.3 is 0 Å². The van der Waals surface area contributed by atoms with Gasteiger partial charge in [-0.25, -0.2) is 0 Å². The molecule has 0 unspecified atom stereocenters. The second-order valence-electron chi connectivity index (χ2n) is 6.14. The first-order valence-corrected chi connectivity index (χ1v) is 8.08. The number of carbonyl (C=O) groups is 1. The van der Waals surface area contributed by atoms with Gasteiger partial charge in [-0.2, -0.15) is 0 Å². The van der Waals surface area contributed by atoms with E-state index in [4.69, 9.17) is 4.74 Å². The van der Waals surface area contributed by atoms with Crippen LogP contribution < -0.4 is 0 Å². The van der Waals surface area contributed by atoms with Crippen molar-refractivity contribution < 1.29 is 9.53 Å². The van der Waals surface area contributed by atoms with Crippen molar-refractivity contribution in [1.29, 1.82) is 0 Å². The Hall–Kier alpha value is -1.65. The number of aromatic nitrogens is 1. The van der Waals surface area contributed by atoms with Crippen LogP contribution >= 0.6 is 0 Å². The lowest BCUT2D eigenvalue weighted by molar-refractivity contribution is 0.0941. The molecule has 0 bridgehead atoms. The van der Waals surface area contributed by atoms with Crippen LogP contribution in [0.25, 0.3) is 10.9 Å². The SMILES string of the molecule is CCN1CCOC[C@@H](Cc2ccc3c(ccn3C(C)=O)c2)C1. The largest absolute Gasteiger partial charge is 0.380 e. The van der Waals surface area contributed by atoms with Gasteiger partial charge in [0.15, 0.2) is 0 Å². The minimum absolute atomic E-state index is 0.0542. The summed E-state index contributed by atoms with van der Waals surface area (Å²) < 4.78 is 7.45. The normalized spacial score (nSPS) is 20.2. The maximum atomic E-state index is 11.6. The van der Waals surface area contributed by atoms with Crippen LogP contribution in [0.2, 0.25) is 0 Å². The average molecular weight is 300 g/mol. The molecular formula is C18H24N2O2. The average Bonchev–Trinajstić information content (AvgIpc) is 2.79. The number of carbonyl (C=O) groups excluding carboxylic acids is 1. The fourth-order valence-electron chi connectivity index (χ4n) is 3.29. The molecule has 118 valence electrons. The van der Waals surface area contributed by atoms with Crippen LogP contribution in [-0.2, 0) is 11.2 Å². The van der Waals surface area contributed by atoms with Crippen LogP contribution in [0.15, 0.2) is 30.5 Å². The summed E-state index contributed by atoms with van der Waals surface area (Å²) in [6, 6.07) is 8.42. The zero-order chi connectivity index (χ0) is 15.5. The lowest BCUT2D eigenvalue weighted by Gasteiger charge is -2.21. The van der Waals surface area contributed by atoms with E-state index in [-0.39, 0.29) is 5.91 Å². The number of benzene rings is 1. The Kier molecular flexibility index (Phi) is 4.60. The molecule has 1 aromatic heterocycles. The Balaban J connectivity index is 1.77. The highest BCUT2D eigenvalue weighted by Crippen LogP contribution is 2.21. The molecule has 0 saturated carbocycles. The van der Waals surface area contributed by atoms with E-state index in [1.807, 2.05) is 12.3 Å². The molecule has 1 aromatic carbocycles. The van der Waals surface area contributed by atoms with E-state index in [2.05, 4.69) is 30.0 Å². The third-order valence-corrected chi connectivity index (χ3v) is 4.49. The van der Waals surface area contributed by atoms with Gasteiger partial charge in [0.25, 0.3) is 0 Å². The summed E-state index contributed by atoms with van der Waals surface area (Å²) in [4.78, 5) is 14.0. The van der Waals surface area contributed by atoms with Crippen LogP contribution in [0.3, 0.4) is 0 Å². The number of rotatable bonds is 3. The molecule has 1 aliphatic rings. The van der Waals surface area contributed by atoms with E-state index in [0.717, 1.165) is 50.2 Å². The van der Waals surface area contributed by atoms with E-state index in [0.29, 0.717) is 5.92 Å². The summed E-state index contributed by atoms with van der Waals surface area (Å²) in [5.41, 5.74) is 2.31. The first kappa shape index (κ1) is 15.3. The monoisotopic (exact) mass is 300 g/mol. The maximum absolute atomic E-state index is 11.6.